The molecular formula is C8H16ClNO4S2. The standard InChI is InChI=1S/C8H16ClNO4S2/c1-10(5-4-9)16(13,14)8-2-6-15(11,12)7-3-8/h8H,2-7H2,1H3. The number of alkyl halides is 1. The number of hydrogen-bond acceptors (Lipinski definition) is 4. The van der Waals surface area contributed by atoms with Gasteiger partial charge in [0.1, 0.15) is 9.84 Å². The van der Waals surface area contributed by atoms with E-state index in [0.717, 1.165) is 0 Å². The third-order valence-corrected chi connectivity index (χ3v) is 7.01. The van der Waals surface area contributed by atoms with Gasteiger partial charge in [0.25, 0.3) is 0 Å². The molecule has 5 nitrogen and oxygen atoms in total. The molecular weight excluding hydrogens is 274 g/mol. The summed E-state index contributed by atoms with van der Waals surface area (Å²) in [5.74, 6) is 0.165. The Kier molecular flexibility index (Phi) is 4.62. The van der Waals surface area contributed by atoms with E-state index in [0.29, 0.717) is 0 Å². The molecule has 1 heterocycles. The van der Waals surface area contributed by atoms with Crippen molar-refractivity contribution in [2.75, 3.05) is 31.0 Å². The number of sulfonamides is 1. The fraction of sp³-hybridized carbons (Fsp3) is 1.00. The summed E-state index contributed by atoms with van der Waals surface area (Å²) >= 11 is 5.48. The van der Waals surface area contributed by atoms with Crippen LogP contribution in [0.1, 0.15) is 12.8 Å². The van der Waals surface area contributed by atoms with E-state index in [1.165, 1.54) is 11.4 Å². The Labute approximate surface area is 102 Å². The molecule has 0 aromatic carbocycles. The first-order valence-electron chi connectivity index (χ1n) is 5.01. The molecule has 16 heavy (non-hydrogen) atoms. The van der Waals surface area contributed by atoms with E-state index in [2.05, 4.69) is 0 Å². The molecule has 0 aromatic rings. The maximum Gasteiger partial charge on any atom is 0.216 e. The Morgan fingerprint density at radius 3 is 2.25 bits per heavy atom. The molecule has 96 valence electrons. The van der Waals surface area contributed by atoms with E-state index in [9.17, 15) is 16.8 Å². The largest absolute Gasteiger partial charge is 0.229 e. The molecule has 0 radical (unpaired) electrons. The molecule has 0 aliphatic carbocycles. The van der Waals surface area contributed by atoms with Gasteiger partial charge in [0.2, 0.25) is 10.0 Å². The van der Waals surface area contributed by atoms with Crippen LogP contribution in [-0.4, -0.2) is 57.4 Å². The van der Waals surface area contributed by atoms with Crippen LogP contribution in [0.4, 0.5) is 0 Å². The van der Waals surface area contributed by atoms with Gasteiger partial charge in [0, 0.05) is 19.5 Å². The van der Waals surface area contributed by atoms with E-state index < -0.39 is 25.1 Å². The number of halogens is 1. The van der Waals surface area contributed by atoms with Crippen LogP contribution in [0.15, 0.2) is 0 Å². The lowest BCUT2D eigenvalue weighted by molar-refractivity contribution is 0.466. The number of hydrogen-bond donors (Lipinski definition) is 0. The van der Waals surface area contributed by atoms with Gasteiger partial charge in [-0.2, -0.15) is 0 Å². The Balaban J connectivity index is 2.72. The summed E-state index contributed by atoms with van der Waals surface area (Å²) in [5, 5.41) is -0.579. The highest BCUT2D eigenvalue weighted by atomic mass is 35.5. The highest BCUT2D eigenvalue weighted by Gasteiger charge is 2.34. The van der Waals surface area contributed by atoms with Gasteiger partial charge < -0.3 is 0 Å². The lowest BCUT2D eigenvalue weighted by Crippen LogP contribution is -2.41. The van der Waals surface area contributed by atoms with Crippen LogP contribution >= 0.6 is 11.6 Å². The van der Waals surface area contributed by atoms with E-state index >= 15 is 0 Å². The number of rotatable bonds is 4. The lowest BCUT2D eigenvalue weighted by atomic mass is 10.2. The summed E-state index contributed by atoms with van der Waals surface area (Å²) < 4.78 is 47.5. The topological polar surface area (TPSA) is 71.5 Å². The second kappa shape index (κ2) is 5.20. The zero-order chi connectivity index (χ0) is 12.4. The first-order chi connectivity index (χ1) is 7.29. The fourth-order valence-electron chi connectivity index (χ4n) is 1.67. The monoisotopic (exact) mass is 289 g/mol. The molecule has 0 amide bonds. The first kappa shape index (κ1) is 14.2. The van der Waals surface area contributed by atoms with Crippen LogP contribution in [0.25, 0.3) is 0 Å². The summed E-state index contributed by atoms with van der Waals surface area (Å²) in [6.07, 6.45) is 0.384. The predicted molar refractivity (Wildman–Crippen MR) is 63.9 cm³/mol. The normalized spacial score (nSPS) is 22.4. The molecule has 1 aliphatic heterocycles. The van der Waals surface area contributed by atoms with Gasteiger partial charge in [-0.1, -0.05) is 0 Å². The molecule has 0 aromatic heterocycles. The summed E-state index contributed by atoms with van der Waals surface area (Å²) in [6, 6.07) is 0. The number of nitrogens with zero attached hydrogens (tertiary/aromatic N) is 1. The van der Waals surface area contributed by atoms with Crippen molar-refractivity contribution in [1.82, 2.24) is 4.31 Å². The van der Waals surface area contributed by atoms with Gasteiger partial charge >= 0.3 is 0 Å². The SMILES string of the molecule is CN(CCCl)S(=O)(=O)C1CCS(=O)(=O)CC1. The van der Waals surface area contributed by atoms with Crippen molar-refractivity contribution in [3.63, 3.8) is 0 Å². The molecule has 1 aliphatic rings. The van der Waals surface area contributed by atoms with Crippen molar-refractivity contribution >= 4 is 31.5 Å². The highest BCUT2D eigenvalue weighted by molar-refractivity contribution is 7.92. The molecule has 0 spiro atoms. The van der Waals surface area contributed by atoms with Crippen molar-refractivity contribution in [3.05, 3.63) is 0 Å². The summed E-state index contributed by atoms with van der Waals surface area (Å²) in [7, 11) is -4.94. The molecule has 0 bridgehead atoms. The molecule has 0 atom stereocenters. The van der Waals surface area contributed by atoms with E-state index in [4.69, 9.17) is 11.6 Å². The minimum atomic E-state index is -3.39. The molecule has 0 unspecified atom stereocenters. The molecule has 0 saturated carbocycles. The molecule has 1 rings (SSSR count). The summed E-state index contributed by atoms with van der Waals surface area (Å²) in [6.45, 7) is 0.257. The van der Waals surface area contributed by atoms with Gasteiger partial charge in [-0.3, -0.25) is 0 Å². The van der Waals surface area contributed by atoms with E-state index in [1.807, 2.05) is 0 Å². The van der Waals surface area contributed by atoms with E-state index in [-0.39, 0.29) is 36.8 Å². The van der Waals surface area contributed by atoms with Crippen molar-refractivity contribution in [3.8, 4) is 0 Å². The van der Waals surface area contributed by atoms with Gasteiger partial charge in [0.15, 0.2) is 0 Å². The van der Waals surface area contributed by atoms with Crippen LogP contribution in [-0.2, 0) is 19.9 Å². The zero-order valence-electron chi connectivity index (χ0n) is 9.09. The Morgan fingerprint density at radius 1 is 1.31 bits per heavy atom. The van der Waals surface area contributed by atoms with Crippen molar-refractivity contribution in [1.29, 1.82) is 0 Å². The zero-order valence-corrected chi connectivity index (χ0v) is 11.5. The maximum absolute atomic E-state index is 12.0. The minimum Gasteiger partial charge on any atom is -0.229 e. The maximum atomic E-state index is 12.0. The lowest BCUT2D eigenvalue weighted by Gasteiger charge is -2.26. The molecule has 0 N–H and O–H groups in total. The average molecular weight is 290 g/mol. The van der Waals surface area contributed by atoms with Crippen LogP contribution in [0.2, 0.25) is 0 Å². The molecule has 8 heteroatoms. The summed E-state index contributed by atoms with van der Waals surface area (Å²) in [5.41, 5.74) is 0. The predicted octanol–water partition coefficient (Wildman–Crippen LogP) is 0.0640. The van der Waals surface area contributed by atoms with Crippen LogP contribution in [0.3, 0.4) is 0 Å². The first-order valence-corrected chi connectivity index (χ1v) is 8.87. The third kappa shape index (κ3) is 3.32. The van der Waals surface area contributed by atoms with Gasteiger partial charge in [-0.15, -0.1) is 11.6 Å². The minimum absolute atomic E-state index is 0.0361. The van der Waals surface area contributed by atoms with Crippen LogP contribution in [0, 0.1) is 0 Å². The molecule has 1 fully saturated rings. The fourth-order valence-corrected chi connectivity index (χ4v) is 5.50. The second-order valence-electron chi connectivity index (χ2n) is 3.91. The molecule has 1 saturated heterocycles. The Bertz CT molecular complexity index is 417. The van der Waals surface area contributed by atoms with E-state index in [1.54, 1.807) is 0 Å². The van der Waals surface area contributed by atoms with Gasteiger partial charge in [-0.25, -0.2) is 21.1 Å². The van der Waals surface area contributed by atoms with Crippen LogP contribution < -0.4 is 0 Å². The van der Waals surface area contributed by atoms with Gasteiger partial charge in [0.05, 0.1) is 16.8 Å². The third-order valence-electron chi connectivity index (χ3n) is 2.76. The Hall–Kier alpha value is 0.150. The number of sulfone groups is 1. The van der Waals surface area contributed by atoms with Crippen molar-refractivity contribution in [2.24, 2.45) is 0 Å². The summed E-state index contributed by atoms with van der Waals surface area (Å²) in [4.78, 5) is 0. The smallest absolute Gasteiger partial charge is 0.216 e. The van der Waals surface area contributed by atoms with Crippen molar-refractivity contribution < 1.29 is 16.8 Å². The quantitative estimate of drug-likeness (QED) is 0.687. The highest BCUT2D eigenvalue weighted by Crippen LogP contribution is 2.21. The Morgan fingerprint density at radius 2 is 1.81 bits per heavy atom. The average Bonchev–Trinajstić information content (AvgIpc) is 2.17. The second-order valence-corrected chi connectivity index (χ2v) is 8.91. The van der Waals surface area contributed by atoms with Crippen molar-refractivity contribution in [2.45, 2.75) is 18.1 Å². The van der Waals surface area contributed by atoms with Gasteiger partial charge in [-0.05, 0) is 12.8 Å². The van der Waals surface area contributed by atoms with Crippen LogP contribution in [0.5, 0.6) is 0 Å².